The molecule has 0 saturated heterocycles. The first kappa shape index (κ1) is 15.9. The Morgan fingerprint density at radius 3 is 2.84 bits per heavy atom. The normalized spacial score (nSPS) is 10.5. The SMILES string of the molecule is CCNc1ncc(Cl)c(OCCCOCCOC)n1. The van der Waals surface area contributed by atoms with Crippen molar-refractivity contribution in [3.05, 3.63) is 11.2 Å². The maximum absolute atomic E-state index is 5.95. The predicted octanol–water partition coefficient (Wildman–Crippen LogP) is 1.99. The molecule has 0 aliphatic heterocycles. The van der Waals surface area contributed by atoms with Crippen molar-refractivity contribution in [2.24, 2.45) is 0 Å². The van der Waals surface area contributed by atoms with Crippen LogP contribution in [0.15, 0.2) is 6.20 Å². The van der Waals surface area contributed by atoms with Gasteiger partial charge in [0.25, 0.3) is 0 Å². The van der Waals surface area contributed by atoms with Gasteiger partial charge in [0.2, 0.25) is 11.8 Å². The van der Waals surface area contributed by atoms with Gasteiger partial charge in [-0.3, -0.25) is 0 Å². The molecule has 1 rings (SSSR count). The average molecular weight is 290 g/mol. The summed E-state index contributed by atoms with van der Waals surface area (Å²) in [6.45, 7) is 5.02. The van der Waals surface area contributed by atoms with Crippen LogP contribution in [0.2, 0.25) is 5.02 Å². The van der Waals surface area contributed by atoms with E-state index in [9.17, 15) is 0 Å². The van der Waals surface area contributed by atoms with Gasteiger partial charge in [-0.05, 0) is 6.92 Å². The van der Waals surface area contributed by atoms with Gasteiger partial charge in [0, 0.05) is 26.7 Å². The fourth-order valence-corrected chi connectivity index (χ4v) is 1.42. The van der Waals surface area contributed by atoms with E-state index in [1.54, 1.807) is 7.11 Å². The van der Waals surface area contributed by atoms with Gasteiger partial charge in [-0.2, -0.15) is 4.98 Å². The minimum Gasteiger partial charge on any atom is -0.476 e. The van der Waals surface area contributed by atoms with Crippen LogP contribution in [-0.2, 0) is 9.47 Å². The first-order valence-corrected chi connectivity index (χ1v) is 6.61. The van der Waals surface area contributed by atoms with E-state index >= 15 is 0 Å². The third-order valence-corrected chi connectivity index (χ3v) is 2.41. The largest absolute Gasteiger partial charge is 0.476 e. The van der Waals surface area contributed by atoms with Crippen molar-refractivity contribution in [2.75, 3.05) is 45.4 Å². The molecule has 1 N–H and O–H groups in total. The number of nitrogens with zero attached hydrogens (tertiary/aromatic N) is 2. The van der Waals surface area contributed by atoms with E-state index in [0.29, 0.717) is 43.3 Å². The average Bonchev–Trinajstić information content (AvgIpc) is 2.41. The summed E-state index contributed by atoms with van der Waals surface area (Å²) in [5, 5.41) is 3.41. The molecule has 0 bridgehead atoms. The standard InChI is InChI=1S/C12H20ClN3O3/c1-3-14-12-15-9-10(13)11(16-12)19-6-4-5-18-8-7-17-2/h9H,3-8H2,1-2H3,(H,14,15,16). The molecule has 1 aromatic heterocycles. The molecule has 0 saturated carbocycles. The zero-order valence-corrected chi connectivity index (χ0v) is 12.1. The highest BCUT2D eigenvalue weighted by Crippen LogP contribution is 2.21. The Bertz CT molecular complexity index is 366. The number of ether oxygens (including phenoxy) is 3. The van der Waals surface area contributed by atoms with Crippen molar-refractivity contribution in [1.29, 1.82) is 0 Å². The number of methoxy groups -OCH3 is 1. The summed E-state index contributed by atoms with van der Waals surface area (Å²) in [5.41, 5.74) is 0. The van der Waals surface area contributed by atoms with Gasteiger partial charge in [0.05, 0.1) is 26.0 Å². The summed E-state index contributed by atoms with van der Waals surface area (Å²) < 4.78 is 15.7. The van der Waals surface area contributed by atoms with Crippen molar-refractivity contribution in [3.63, 3.8) is 0 Å². The maximum Gasteiger partial charge on any atom is 0.237 e. The van der Waals surface area contributed by atoms with Crippen LogP contribution in [-0.4, -0.2) is 50.1 Å². The minimum absolute atomic E-state index is 0.393. The van der Waals surface area contributed by atoms with Gasteiger partial charge in [-0.15, -0.1) is 0 Å². The molecule has 0 aliphatic carbocycles. The Labute approximate surface area is 118 Å². The molecule has 0 amide bonds. The molecule has 0 atom stereocenters. The minimum atomic E-state index is 0.393. The maximum atomic E-state index is 5.95. The smallest absolute Gasteiger partial charge is 0.237 e. The summed E-state index contributed by atoms with van der Waals surface area (Å²) in [4.78, 5) is 8.21. The lowest BCUT2D eigenvalue weighted by atomic mass is 10.5. The van der Waals surface area contributed by atoms with Crippen molar-refractivity contribution >= 4 is 17.5 Å². The van der Waals surface area contributed by atoms with E-state index in [4.69, 9.17) is 25.8 Å². The first-order valence-electron chi connectivity index (χ1n) is 6.23. The van der Waals surface area contributed by atoms with Crippen LogP contribution in [0.4, 0.5) is 5.95 Å². The van der Waals surface area contributed by atoms with Gasteiger partial charge in [0.1, 0.15) is 5.02 Å². The van der Waals surface area contributed by atoms with Crippen LogP contribution in [0.3, 0.4) is 0 Å². The summed E-state index contributed by atoms with van der Waals surface area (Å²) in [6.07, 6.45) is 2.29. The molecule has 0 aromatic carbocycles. The summed E-state index contributed by atoms with van der Waals surface area (Å²) >= 11 is 5.95. The molecule has 0 spiro atoms. The quantitative estimate of drug-likeness (QED) is 0.665. The number of anilines is 1. The van der Waals surface area contributed by atoms with Crippen LogP contribution in [0, 0.1) is 0 Å². The van der Waals surface area contributed by atoms with E-state index in [1.807, 2.05) is 6.92 Å². The number of hydrogen-bond donors (Lipinski definition) is 1. The second kappa shape index (κ2) is 9.77. The Balaban J connectivity index is 2.26. The van der Waals surface area contributed by atoms with Gasteiger partial charge in [-0.25, -0.2) is 4.98 Å². The molecule has 108 valence electrons. The van der Waals surface area contributed by atoms with Crippen LogP contribution in [0.25, 0.3) is 0 Å². The van der Waals surface area contributed by atoms with E-state index in [2.05, 4.69) is 15.3 Å². The molecule has 1 heterocycles. The molecule has 7 heteroatoms. The second-order valence-electron chi connectivity index (χ2n) is 3.68. The highest BCUT2D eigenvalue weighted by atomic mass is 35.5. The fraction of sp³-hybridized carbons (Fsp3) is 0.667. The lowest BCUT2D eigenvalue weighted by Gasteiger charge is -2.09. The number of rotatable bonds is 10. The topological polar surface area (TPSA) is 65.5 Å². The lowest BCUT2D eigenvalue weighted by molar-refractivity contribution is 0.0642. The molecule has 19 heavy (non-hydrogen) atoms. The molecule has 0 unspecified atom stereocenters. The van der Waals surface area contributed by atoms with Crippen LogP contribution in [0.5, 0.6) is 5.88 Å². The zero-order chi connectivity index (χ0) is 13.9. The van der Waals surface area contributed by atoms with Gasteiger partial charge < -0.3 is 19.5 Å². The van der Waals surface area contributed by atoms with E-state index in [1.165, 1.54) is 6.20 Å². The molecular formula is C12H20ClN3O3. The molecule has 0 radical (unpaired) electrons. The van der Waals surface area contributed by atoms with E-state index < -0.39 is 0 Å². The van der Waals surface area contributed by atoms with Gasteiger partial charge in [-0.1, -0.05) is 11.6 Å². The summed E-state index contributed by atoms with van der Waals surface area (Å²) in [5.74, 6) is 0.905. The molecule has 0 aliphatic rings. The fourth-order valence-electron chi connectivity index (χ4n) is 1.27. The van der Waals surface area contributed by atoms with Crippen LogP contribution >= 0.6 is 11.6 Å². The van der Waals surface area contributed by atoms with Crippen LogP contribution in [0.1, 0.15) is 13.3 Å². The Hall–Kier alpha value is -1.11. The monoisotopic (exact) mass is 289 g/mol. The molecule has 0 fully saturated rings. The van der Waals surface area contributed by atoms with Crippen molar-refractivity contribution in [1.82, 2.24) is 9.97 Å². The van der Waals surface area contributed by atoms with Crippen LogP contribution < -0.4 is 10.1 Å². The van der Waals surface area contributed by atoms with Crippen molar-refractivity contribution in [3.8, 4) is 5.88 Å². The van der Waals surface area contributed by atoms with Gasteiger partial charge >= 0.3 is 0 Å². The summed E-state index contributed by atoms with van der Waals surface area (Å²) in [6, 6.07) is 0. The van der Waals surface area contributed by atoms with Gasteiger partial charge in [0.15, 0.2) is 0 Å². The number of hydrogen-bond acceptors (Lipinski definition) is 6. The second-order valence-corrected chi connectivity index (χ2v) is 4.09. The van der Waals surface area contributed by atoms with E-state index in [0.717, 1.165) is 13.0 Å². The Morgan fingerprint density at radius 2 is 2.11 bits per heavy atom. The third kappa shape index (κ3) is 6.56. The first-order chi connectivity index (χ1) is 9.27. The third-order valence-electron chi connectivity index (χ3n) is 2.15. The lowest BCUT2D eigenvalue weighted by Crippen LogP contribution is -2.08. The highest BCUT2D eigenvalue weighted by Gasteiger charge is 2.06. The Kier molecular flexibility index (Phi) is 8.20. The highest BCUT2D eigenvalue weighted by molar-refractivity contribution is 6.31. The Morgan fingerprint density at radius 1 is 1.26 bits per heavy atom. The molecule has 1 aromatic rings. The predicted molar refractivity (Wildman–Crippen MR) is 74.0 cm³/mol. The van der Waals surface area contributed by atoms with Crippen molar-refractivity contribution < 1.29 is 14.2 Å². The number of nitrogens with one attached hydrogen (secondary N) is 1. The summed E-state index contributed by atoms with van der Waals surface area (Å²) in [7, 11) is 1.64. The number of halogens is 1. The zero-order valence-electron chi connectivity index (χ0n) is 11.3. The molecular weight excluding hydrogens is 270 g/mol. The van der Waals surface area contributed by atoms with Crippen molar-refractivity contribution in [2.45, 2.75) is 13.3 Å². The number of aromatic nitrogens is 2. The van der Waals surface area contributed by atoms with E-state index in [-0.39, 0.29) is 0 Å². The molecule has 6 nitrogen and oxygen atoms in total.